The molecule has 47 valence electrons. The van der Waals surface area contributed by atoms with Crippen molar-refractivity contribution in [1.82, 2.24) is 0 Å². The Bertz CT molecular complexity index is 8.04. The molecule has 0 unspecified atom stereocenters. The summed E-state index contributed by atoms with van der Waals surface area (Å²) in [6, 6.07) is 0. The van der Waals surface area contributed by atoms with Crippen molar-refractivity contribution in [2.75, 3.05) is 7.11 Å². The SMILES string of the molecule is C.C.[CH2-]OC.[CH3-].[Y]. The van der Waals surface area contributed by atoms with E-state index in [-0.39, 0.29) is 55.0 Å². The zero-order chi connectivity index (χ0) is 2.71. The summed E-state index contributed by atoms with van der Waals surface area (Å²) >= 11 is 0. The zero-order valence-electron chi connectivity index (χ0n) is 3.69. The van der Waals surface area contributed by atoms with E-state index in [0.29, 0.717) is 0 Å². The maximum atomic E-state index is 4.00. The van der Waals surface area contributed by atoms with Gasteiger partial charge in [0.1, 0.15) is 0 Å². The Morgan fingerprint density at radius 3 is 1.29 bits per heavy atom. The number of methoxy groups -OCH3 is 1. The van der Waals surface area contributed by atoms with Crippen LogP contribution in [0.3, 0.4) is 0 Å². The van der Waals surface area contributed by atoms with Crippen molar-refractivity contribution in [3.05, 3.63) is 14.5 Å². The zero-order valence-corrected chi connectivity index (χ0v) is 6.53. The van der Waals surface area contributed by atoms with Crippen molar-refractivity contribution in [3.63, 3.8) is 0 Å². The molecule has 0 heterocycles. The molecule has 2 heteroatoms. The van der Waals surface area contributed by atoms with Crippen molar-refractivity contribution in [1.29, 1.82) is 0 Å². The summed E-state index contributed by atoms with van der Waals surface area (Å²) in [7, 11) is 4.50. The Hall–Kier alpha value is 1.06. The second-order valence-corrected chi connectivity index (χ2v) is 0.289. The van der Waals surface area contributed by atoms with Crippen LogP contribution < -0.4 is 0 Å². The van der Waals surface area contributed by atoms with Gasteiger partial charge >= 0.3 is 0 Å². The van der Waals surface area contributed by atoms with Crippen LogP contribution in [0.4, 0.5) is 0 Å². The Morgan fingerprint density at radius 2 is 1.29 bits per heavy atom. The summed E-state index contributed by atoms with van der Waals surface area (Å²) < 4.78 is 4.00. The normalized spacial score (nSPS) is 2.57. The molecule has 0 fully saturated rings. The van der Waals surface area contributed by atoms with Crippen molar-refractivity contribution >= 4 is 0 Å². The van der Waals surface area contributed by atoms with Gasteiger partial charge in [-0.2, -0.15) is 0 Å². The van der Waals surface area contributed by atoms with E-state index < -0.39 is 0 Å². The molecule has 0 aliphatic rings. The number of ether oxygens (including phenoxy) is 1. The van der Waals surface area contributed by atoms with E-state index in [2.05, 4.69) is 11.8 Å². The van der Waals surface area contributed by atoms with Crippen LogP contribution in [-0.4, -0.2) is 7.11 Å². The third-order valence-corrected chi connectivity index (χ3v) is 0. The van der Waals surface area contributed by atoms with Gasteiger partial charge in [0, 0.05) is 32.7 Å². The summed E-state index contributed by atoms with van der Waals surface area (Å²) in [4.78, 5) is 0. The Labute approximate surface area is 73.7 Å². The fourth-order valence-corrected chi connectivity index (χ4v) is 0. The van der Waals surface area contributed by atoms with E-state index in [0.717, 1.165) is 0 Å². The second-order valence-electron chi connectivity index (χ2n) is 0.289. The predicted molar refractivity (Wildman–Crippen MR) is 32.2 cm³/mol. The molecule has 0 aromatic heterocycles. The summed E-state index contributed by atoms with van der Waals surface area (Å²) in [6.45, 7) is 0. The average molecular weight is 181 g/mol. The molecule has 7 heavy (non-hydrogen) atoms. The number of hydrogen-bond donors (Lipinski definition) is 0. The summed E-state index contributed by atoms with van der Waals surface area (Å²) in [5.41, 5.74) is 0. The summed E-state index contributed by atoms with van der Waals surface area (Å²) in [6.07, 6.45) is 0. The van der Waals surface area contributed by atoms with Gasteiger partial charge in [0.15, 0.2) is 0 Å². The minimum Gasteiger partial charge on any atom is -0.557 e. The molecule has 0 aromatic rings. The van der Waals surface area contributed by atoms with E-state index in [9.17, 15) is 0 Å². The molecule has 0 saturated carbocycles. The first-order valence-electron chi connectivity index (χ1n) is 0.697. The fourth-order valence-electron chi connectivity index (χ4n) is 0. The molecule has 1 nitrogen and oxygen atoms in total. The minimum absolute atomic E-state index is 0. The Balaban J connectivity index is -0.00000000333. The van der Waals surface area contributed by atoms with Crippen LogP contribution in [0.15, 0.2) is 0 Å². The monoisotopic (exact) mass is 181 g/mol. The number of hydrogen-bond acceptors (Lipinski definition) is 1. The van der Waals surface area contributed by atoms with Gasteiger partial charge in [-0.25, -0.2) is 7.11 Å². The average Bonchev–Trinajstić information content (AvgIpc) is 0.918. The molecule has 0 aliphatic carbocycles. The standard InChI is InChI=1S/C2H5O.2CH4.CH3.Y/c1-3-2;;;;/h1H2,2H3;2*1H4;1H3;/q-1;;;-1;. The van der Waals surface area contributed by atoms with Crippen molar-refractivity contribution in [2.24, 2.45) is 0 Å². The van der Waals surface area contributed by atoms with Crippen LogP contribution in [0.5, 0.6) is 0 Å². The second kappa shape index (κ2) is 61.0. The topological polar surface area (TPSA) is 9.23 Å². The van der Waals surface area contributed by atoms with Gasteiger partial charge in [0.05, 0.1) is 0 Å². The van der Waals surface area contributed by atoms with Gasteiger partial charge in [-0.1, -0.05) is 14.9 Å². The van der Waals surface area contributed by atoms with Crippen molar-refractivity contribution in [3.8, 4) is 0 Å². The van der Waals surface area contributed by atoms with E-state index in [4.69, 9.17) is 0 Å². The molecule has 0 spiro atoms. The molecular formula is C5H16OY-2. The minimum atomic E-state index is 0. The Kier molecular flexibility index (Phi) is 373. The fraction of sp³-hybridized carbons (Fsp3) is 0.600. The maximum absolute atomic E-state index is 4.00. The van der Waals surface area contributed by atoms with Gasteiger partial charge in [0.2, 0.25) is 0 Å². The quantitative estimate of drug-likeness (QED) is 0.520. The third kappa shape index (κ3) is 160. The van der Waals surface area contributed by atoms with E-state index in [1.165, 1.54) is 7.11 Å². The van der Waals surface area contributed by atoms with E-state index >= 15 is 0 Å². The van der Waals surface area contributed by atoms with Gasteiger partial charge in [-0.3, -0.25) is 0 Å². The molecule has 0 bridgehead atoms. The van der Waals surface area contributed by atoms with Crippen molar-refractivity contribution in [2.45, 2.75) is 14.9 Å². The van der Waals surface area contributed by atoms with Gasteiger partial charge in [-0.15, -0.1) is 0 Å². The summed E-state index contributed by atoms with van der Waals surface area (Å²) in [5.74, 6) is 0. The summed E-state index contributed by atoms with van der Waals surface area (Å²) in [5, 5.41) is 0. The third-order valence-electron chi connectivity index (χ3n) is 0. The van der Waals surface area contributed by atoms with Crippen molar-refractivity contribution < 1.29 is 37.4 Å². The molecule has 0 aromatic carbocycles. The van der Waals surface area contributed by atoms with Crippen LogP contribution in [0, 0.1) is 14.5 Å². The number of rotatable bonds is 0. The van der Waals surface area contributed by atoms with Crippen LogP contribution in [0.1, 0.15) is 14.9 Å². The largest absolute Gasteiger partial charge is 0.557 e. The molecule has 0 N–H and O–H groups in total. The Morgan fingerprint density at radius 1 is 1.29 bits per heavy atom. The van der Waals surface area contributed by atoms with Crippen LogP contribution in [0.25, 0.3) is 0 Å². The molecule has 0 amide bonds. The molecule has 0 aliphatic heterocycles. The van der Waals surface area contributed by atoms with Gasteiger partial charge in [-0.05, 0) is 7.11 Å². The molecule has 0 atom stereocenters. The predicted octanol–water partition coefficient (Wildman–Crippen LogP) is 2.14. The van der Waals surface area contributed by atoms with E-state index in [1.807, 2.05) is 0 Å². The van der Waals surface area contributed by atoms with Crippen LogP contribution in [0.2, 0.25) is 0 Å². The van der Waals surface area contributed by atoms with Crippen LogP contribution >= 0.6 is 0 Å². The maximum Gasteiger partial charge on any atom is 0 e. The first-order valence-corrected chi connectivity index (χ1v) is 0.697. The molecule has 0 saturated heterocycles. The molecule has 1 radical (unpaired) electrons. The molecular weight excluding hydrogens is 165 g/mol. The van der Waals surface area contributed by atoms with Gasteiger partial charge < -0.3 is 12.2 Å². The smallest absolute Gasteiger partial charge is 0 e. The van der Waals surface area contributed by atoms with Gasteiger partial charge in [0.25, 0.3) is 0 Å². The van der Waals surface area contributed by atoms with Crippen LogP contribution in [-0.2, 0) is 37.4 Å². The molecule has 0 rings (SSSR count). The van der Waals surface area contributed by atoms with E-state index in [1.54, 1.807) is 0 Å². The first kappa shape index (κ1) is 42.9. The first-order chi connectivity index (χ1) is 1.41.